The van der Waals surface area contributed by atoms with Crippen LogP contribution in [0.3, 0.4) is 0 Å². The molecule has 0 aliphatic rings. The van der Waals surface area contributed by atoms with Crippen LogP contribution in [0.5, 0.6) is 0 Å². The van der Waals surface area contributed by atoms with Gasteiger partial charge in [-0.2, -0.15) is 0 Å². The molecule has 0 N–H and O–H groups in total. The lowest BCUT2D eigenvalue weighted by molar-refractivity contribution is 0.0962. The van der Waals surface area contributed by atoms with Gasteiger partial charge in [0.2, 0.25) is 0 Å². The Hall–Kier alpha value is -3.71. The molecule has 0 fully saturated rings. The quantitative estimate of drug-likeness (QED) is 0.265. The highest BCUT2D eigenvalue weighted by atomic mass is 32.2. The van der Waals surface area contributed by atoms with E-state index in [4.69, 9.17) is 0 Å². The molecule has 0 atom stereocenters. The summed E-state index contributed by atoms with van der Waals surface area (Å²) in [7, 11) is 0. The van der Waals surface area contributed by atoms with Crippen molar-refractivity contribution in [2.75, 3.05) is 17.7 Å². The third kappa shape index (κ3) is 4.65. The fourth-order valence-electron chi connectivity index (χ4n) is 3.86. The first-order valence-electron chi connectivity index (χ1n) is 10.8. The molecule has 1 amide bonds. The number of rotatable bonds is 7. The van der Waals surface area contributed by atoms with Crippen LogP contribution in [0.1, 0.15) is 27.6 Å². The summed E-state index contributed by atoms with van der Waals surface area (Å²) < 4.78 is 14.7. The molecule has 0 saturated carbocycles. The smallest absolute Gasteiger partial charge is 0.264 e. The highest BCUT2D eigenvalue weighted by Crippen LogP contribution is 2.20. The summed E-state index contributed by atoms with van der Waals surface area (Å²) in [4.78, 5) is 42.4. The fraction of sp³-hybridized carbons (Fsp3) is 0.148. The molecule has 0 saturated heterocycles. The van der Waals surface area contributed by atoms with Crippen LogP contribution in [0.2, 0.25) is 0 Å². The molecule has 172 valence electrons. The number of pyridine rings is 1. The number of carbonyl (C=O) groups excluding carboxylic acids is 2. The molecule has 0 aliphatic carbocycles. The van der Waals surface area contributed by atoms with E-state index in [1.807, 2.05) is 24.5 Å². The molecule has 0 aliphatic heterocycles. The van der Waals surface area contributed by atoms with Crippen LogP contribution in [0.25, 0.3) is 10.9 Å². The number of aromatic nitrogens is 1. The number of Topliss-reactive ketones (excluding diaryl/α,β-unsaturated/α-hetero) is 1. The number of para-hydroxylation sites is 1. The lowest BCUT2D eigenvalue weighted by atomic mass is 10.1. The molecular weight excluding hydrogens is 451 g/mol. The van der Waals surface area contributed by atoms with E-state index >= 15 is 0 Å². The summed E-state index contributed by atoms with van der Waals surface area (Å²) in [5.41, 5.74) is 0.960. The Morgan fingerprint density at radius 1 is 0.971 bits per heavy atom. The maximum atomic E-state index is 13.5. The van der Waals surface area contributed by atoms with Gasteiger partial charge in [-0.1, -0.05) is 30.3 Å². The monoisotopic (exact) mass is 474 g/mol. The summed E-state index contributed by atoms with van der Waals surface area (Å²) in [5.74, 6) is -1.14. The predicted molar refractivity (Wildman–Crippen MR) is 135 cm³/mol. The number of anilines is 1. The van der Waals surface area contributed by atoms with Crippen molar-refractivity contribution in [3.05, 3.63) is 106 Å². The van der Waals surface area contributed by atoms with Gasteiger partial charge in [0.15, 0.2) is 5.78 Å². The summed E-state index contributed by atoms with van der Waals surface area (Å²) >= 11 is 1.58. The van der Waals surface area contributed by atoms with Crippen molar-refractivity contribution >= 4 is 40.0 Å². The van der Waals surface area contributed by atoms with E-state index in [9.17, 15) is 18.8 Å². The highest BCUT2D eigenvalue weighted by Gasteiger charge is 2.23. The van der Waals surface area contributed by atoms with Gasteiger partial charge in [-0.05, 0) is 67.1 Å². The second-order valence-corrected chi connectivity index (χ2v) is 8.57. The zero-order valence-corrected chi connectivity index (χ0v) is 19.6. The summed E-state index contributed by atoms with van der Waals surface area (Å²) in [5, 5.41) is 0.672. The van der Waals surface area contributed by atoms with Crippen LogP contribution in [0, 0.1) is 5.82 Å². The number of halogens is 1. The van der Waals surface area contributed by atoms with Crippen LogP contribution in [-0.2, 0) is 6.54 Å². The molecule has 7 heteroatoms. The average Bonchev–Trinajstić information content (AvgIpc) is 2.87. The van der Waals surface area contributed by atoms with E-state index in [1.165, 1.54) is 33.7 Å². The van der Waals surface area contributed by atoms with Gasteiger partial charge >= 0.3 is 0 Å². The van der Waals surface area contributed by atoms with Crippen molar-refractivity contribution in [1.82, 2.24) is 4.57 Å². The molecule has 0 bridgehead atoms. The fourth-order valence-corrected chi connectivity index (χ4v) is 4.27. The van der Waals surface area contributed by atoms with E-state index in [0.29, 0.717) is 22.2 Å². The topological polar surface area (TPSA) is 59.4 Å². The van der Waals surface area contributed by atoms with E-state index in [1.54, 1.807) is 55.1 Å². The Morgan fingerprint density at radius 2 is 1.65 bits per heavy atom. The lowest BCUT2D eigenvalue weighted by Crippen LogP contribution is -2.37. The van der Waals surface area contributed by atoms with Gasteiger partial charge < -0.3 is 4.90 Å². The number of nitrogens with zero attached hydrogens (tertiary/aromatic N) is 2. The Kier molecular flexibility index (Phi) is 6.93. The van der Waals surface area contributed by atoms with Crippen LogP contribution >= 0.6 is 11.8 Å². The molecule has 0 unspecified atom stereocenters. The SMILES string of the molecule is CCN(C(=O)c1cc2ccccc2n(CC(=O)c2ccc(SC)cc2)c1=O)c1ccc(F)cc1. The third-order valence-corrected chi connectivity index (χ3v) is 6.39. The van der Waals surface area contributed by atoms with Gasteiger partial charge in [-0.3, -0.25) is 19.0 Å². The normalized spacial score (nSPS) is 10.9. The number of benzene rings is 3. The Balaban J connectivity index is 1.77. The van der Waals surface area contributed by atoms with Crippen molar-refractivity contribution in [2.45, 2.75) is 18.4 Å². The summed E-state index contributed by atoms with van der Waals surface area (Å²) in [6.07, 6.45) is 1.95. The van der Waals surface area contributed by atoms with E-state index in [0.717, 1.165) is 4.90 Å². The Labute approximate surface area is 200 Å². The number of ketones is 1. The first kappa shape index (κ1) is 23.4. The molecule has 0 radical (unpaired) electrons. The van der Waals surface area contributed by atoms with Crippen LogP contribution in [0.15, 0.2) is 88.6 Å². The molecule has 1 aromatic heterocycles. The number of amides is 1. The maximum Gasteiger partial charge on any atom is 0.264 e. The second kappa shape index (κ2) is 10.1. The minimum Gasteiger partial charge on any atom is -0.308 e. The standard InChI is InChI=1S/C27H23FN2O3S/c1-3-29(21-12-10-20(28)11-13-21)26(32)23-16-19-6-4-5-7-24(19)30(27(23)33)17-25(31)18-8-14-22(34-2)15-9-18/h4-16H,3,17H2,1-2H3. The zero-order chi connectivity index (χ0) is 24.2. The van der Waals surface area contributed by atoms with Crippen LogP contribution in [-0.4, -0.2) is 29.1 Å². The van der Waals surface area contributed by atoms with Gasteiger partial charge in [0, 0.05) is 22.7 Å². The minimum absolute atomic E-state index is 0.0459. The number of thioether (sulfide) groups is 1. The Bertz CT molecular complexity index is 1410. The first-order chi connectivity index (χ1) is 16.4. The van der Waals surface area contributed by atoms with E-state index < -0.39 is 17.3 Å². The molecule has 1 heterocycles. The van der Waals surface area contributed by atoms with Crippen molar-refractivity contribution < 1.29 is 14.0 Å². The van der Waals surface area contributed by atoms with Crippen molar-refractivity contribution in [3.8, 4) is 0 Å². The maximum absolute atomic E-state index is 13.5. The number of hydrogen-bond donors (Lipinski definition) is 0. The zero-order valence-electron chi connectivity index (χ0n) is 18.8. The van der Waals surface area contributed by atoms with Crippen molar-refractivity contribution in [3.63, 3.8) is 0 Å². The molecular formula is C27H23FN2O3S. The average molecular weight is 475 g/mol. The van der Waals surface area contributed by atoms with Crippen molar-refractivity contribution in [2.24, 2.45) is 0 Å². The van der Waals surface area contributed by atoms with E-state index in [2.05, 4.69) is 0 Å². The summed E-state index contributed by atoms with van der Waals surface area (Å²) in [6.45, 7) is 1.88. The van der Waals surface area contributed by atoms with E-state index in [-0.39, 0.29) is 24.4 Å². The number of fused-ring (bicyclic) bond motifs is 1. The Morgan fingerprint density at radius 3 is 2.29 bits per heavy atom. The second-order valence-electron chi connectivity index (χ2n) is 7.69. The van der Waals surface area contributed by atoms with Gasteiger partial charge in [-0.25, -0.2) is 4.39 Å². The molecule has 4 rings (SSSR count). The lowest BCUT2D eigenvalue weighted by Gasteiger charge is -2.22. The van der Waals surface area contributed by atoms with Crippen molar-refractivity contribution in [1.29, 1.82) is 0 Å². The molecule has 4 aromatic rings. The number of carbonyl (C=O) groups is 2. The molecule has 0 spiro atoms. The minimum atomic E-state index is -0.543. The molecule has 34 heavy (non-hydrogen) atoms. The summed E-state index contributed by atoms with van der Waals surface area (Å²) in [6, 6.07) is 21.4. The predicted octanol–water partition coefficient (Wildman–Crippen LogP) is 5.41. The third-order valence-electron chi connectivity index (χ3n) is 5.65. The molecule has 3 aromatic carbocycles. The molecule has 5 nitrogen and oxygen atoms in total. The van der Waals surface area contributed by atoms with Gasteiger partial charge in [0.1, 0.15) is 11.4 Å². The first-order valence-corrected chi connectivity index (χ1v) is 12.0. The largest absolute Gasteiger partial charge is 0.308 e. The van der Waals surface area contributed by atoms with Gasteiger partial charge in [-0.15, -0.1) is 11.8 Å². The van der Waals surface area contributed by atoms with Gasteiger partial charge in [0.05, 0.1) is 12.1 Å². The van der Waals surface area contributed by atoms with Gasteiger partial charge in [0.25, 0.3) is 11.5 Å². The number of hydrogen-bond acceptors (Lipinski definition) is 4. The van der Waals surface area contributed by atoms with Crippen LogP contribution in [0.4, 0.5) is 10.1 Å². The van der Waals surface area contributed by atoms with Crippen LogP contribution < -0.4 is 10.5 Å². The highest BCUT2D eigenvalue weighted by molar-refractivity contribution is 7.98.